The Labute approximate surface area is 127 Å². The molecule has 0 aliphatic carbocycles. The molecule has 112 valence electrons. The van der Waals surface area contributed by atoms with Crippen LogP contribution in [0.15, 0.2) is 48.3 Å². The van der Waals surface area contributed by atoms with E-state index in [-0.39, 0.29) is 11.5 Å². The lowest BCUT2D eigenvalue weighted by Crippen LogP contribution is -2.18. The number of hydrogen-bond acceptors (Lipinski definition) is 4. The van der Waals surface area contributed by atoms with Crippen LogP contribution in [0, 0.1) is 5.82 Å². The molecule has 0 amide bonds. The Kier molecular flexibility index (Phi) is 3.29. The second-order valence-corrected chi connectivity index (χ2v) is 5.05. The number of allylic oxidation sites excluding steroid dienone is 6. The van der Waals surface area contributed by atoms with E-state index < -0.39 is 5.82 Å². The van der Waals surface area contributed by atoms with Gasteiger partial charge in [-0.2, -0.15) is 5.10 Å². The van der Waals surface area contributed by atoms with Gasteiger partial charge in [0.05, 0.1) is 11.1 Å². The van der Waals surface area contributed by atoms with Crippen LogP contribution >= 0.6 is 0 Å². The summed E-state index contributed by atoms with van der Waals surface area (Å²) < 4.78 is 14.5. The predicted molar refractivity (Wildman–Crippen MR) is 86.0 cm³/mol. The van der Waals surface area contributed by atoms with Crippen LogP contribution in [0.5, 0.6) is 0 Å². The van der Waals surface area contributed by atoms with Crippen molar-refractivity contribution in [2.75, 3.05) is 12.8 Å². The maximum Gasteiger partial charge on any atom is 0.158 e. The fourth-order valence-corrected chi connectivity index (χ4v) is 2.42. The van der Waals surface area contributed by atoms with Gasteiger partial charge in [0.2, 0.25) is 0 Å². The Morgan fingerprint density at radius 1 is 1.50 bits per heavy atom. The average Bonchev–Trinajstić information content (AvgIpc) is 2.85. The molecular weight excluding hydrogens is 281 g/mol. The third-order valence-corrected chi connectivity index (χ3v) is 3.75. The Bertz CT molecular complexity index is 857. The second kappa shape index (κ2) is 5.14. The molecule has 0 saturated carbocycles. The van der Waals surface area contributed by atoms with Crippen molar-refractivity contribution in [1.82, 2.24) is 20.1 Å². The van der Waals surface area contributed by atoms with Crippen LogP contribution in [0.1, 0.15) is 12.6 Å². The van der Waals surface area contributed by atoms with Crippen molar-refractivity contribution in [1.29, 1.82) is 0 Å². The van der Waals surface area contributed by atoms with Gasteiger partial charge in [-0.15, -0.1) is 0 Å². The zero-order valence-corrected chi connectivity index (χ0v) is 12.4. The standard InChI is InChI=1S/C16H16FN5/c1-4-10(13-7-5-6-9(2)22(13)3)14-12(17)8-11-15(18)20-21-16(11)19-14/h4-8H,1H2,2-3H3,(H3,18,19,20,21)/b13-10+. The maximum absolute atomic E-state index is 14.5. The van der Waals surface area contributed by atoms with E-state index in [2.05, 4.69) is 21.8 Å². The lowest BCUT2D eigenvalue weighted by atomic mass is 10.0. The van der Waals surface area contributed by atoms with Crippen molar-refractivity contribution in [2.45, 2.75) is 6.92 Å². The lowest BCUT2D eigenvalue weighted by Gasteiger charge is -2.26. The molecule has 0 radical (unpaired) electrons. The summed E-state index contributed by atoms with van der Waals surface area (Å²) in [6.45, 7) is 5.78. The number of hydrogen-bond donors (Lipinski definition) is 2. The van der Waals surface area contributed by atoms with Gasteiger partial charge < -0.3 is 10.6 Å². The first-order chi connectivity index (χ1) is 10.5. The highest BCUT2D eigenvalue weighted by atomic mass is 19.1. The number of nitrogens with one attached hydrogen (secondary N) is 1. The number of H-pyrrole nitrogens is 1. The molecule has 2 aromatic rings. The molecule has 5 nitrogen and oxygen atoms in total. The highest BCUT2D eigenvalue weighted by Crippen LogP contribution is 2.29. The van der Waals surface area contributed by atoms with E-state index in [4.69, 9.17) is 5.73 Å². The Morgan fingerprint density at radius 2 is 2.27 bits per heavy atom. The molecule has 0 unspecified atom stereocenters. The fourth-order valence-electron chi connectivity index (χ4n) is 2.42. The van der Waals surface area contributed by atoms with Crippen molar-refractivity contribution in [3.8, 4) is 0 Å². The zero-order valence-electron chi connectivity index (χ0n) is 12.4. The molecule has 22 heavy (non-hydrogen) atoms. The maximum atomic E-state index is 14.5. The SMILES string of the molecule is C=C/C(=C1/C=CC=C(C)N1C)c1nc2[nH]nc(N)c2cc1F. The van der Waals surface area contributed by atoms with E-state index in [1.807, 2.05) is 37.1 Å². The summed E-state index contributed by atoms with van der Waals surface area (Å²) in [7, 11) is 1.92. The smallest absolute Gasteiger partial charge is 0.158 e. The zero-order chi connectivity index (χ0) is 15.9. The van der Waals surface area contributed by atoms with E-state index in [0.29, 0.717) is 16.6 Å². The number of nitrogen functional groups attached to an aromatic ring is 1. The molecule has 0 aromatic carbocycles. The molecule has 2 aromatic heterocycles. The molecular formula is C16H16FN5. The summed E-state index contributed by atoms with van der Waals surface area (Å²) in [6, 6.07) is 1.34. The van der Waals surface area contributed by atoms with Gasteiger partial charge in [0.25, 0.3) is 0 Å². The van der Waals surface area contributed by atoms with E-state index in [1.165, 1.54) is 6.07 Å². The van der Waals surface area contributed by atoms with Crippen molar-refractivity contribution in [2.24, 2.45) is 0 Å². The molecule has 0 spiro atoms. The van der Waals surface area contributed by atoms with Crippen LogP contribution < -0.4 is 5.73 Å². The third kappa shape index (κ3) is 2.09. The molecule has 0 atom stereocenters. The molecule has 0 bridgehead atoms. The highest BCUT2D eigenvalue weighted by molar-refractivity contribution is 5.88. The molecule has 6 heteroatoms. The summed E-state index contributed by atoms with van der Waals surface area (Å²) in [5, 5.41) is 7.03. The molecule has 3 rings (SSSR count). The Hall–Kier alpha value is -2.89. The molecule has 3 heterocycles. The van der Waals surface area contributed by atoms with Crippen LogP contribution in [-0.2, 0) is 0 Å². The number of pyridine rings is 1. The van der Waals surface area contributed by atoms with Crippen LogP contribution in [0.3, 0.4) is 0 Å². The van der Waals surface area contributed by atoms with Gasteiger partial charge in [-0.25, -0.2) is 9.37 Å². The number of nitrogens with zero attached hydrogens (tertiary/aromatic N) is 3. The van der Waals surface area contributed by atoms with Crippen LogP contribution in [0.4, 0.5) is 10.2 Å². The van der Waals surface area contributed by atoms with E-state index in [0.717, 1.165) is 11.4 Å². The minimum Gasteiger partial charge on any atom is -0.382 e. The van der Waals surface area contributed by atoms with Gasteiger partial charge in [-0.3, -0.25) is 5.10 Å². The van der Waals surface area contributed by atoms with Gasteiger partial charge in [0.1, 0.15) is 11.5 Å². The molecule has 1 aliphatic heterocycles. The number of aromatic amines is 1. The summed E-state index contributed by atoms with van der Waals surface area (Å²) in [5.41, 5.74) is 8.82. The van der Waals surface area contributed by atoms with Gasteiger partial charge >= 0.3 is 0 Å². The number of anilines is 1. The molecule has 0 fully saturated rings. The van der Waals surface area contributed by atoms with Crippen molar-refractivity contribution < 1.29 is 4.39 Å². The number of nitrogens with two attached hydrogens (primary N) is 1. The Morgan fingerprint density at radius 3 is 3.00 bits per heavy atom. The first-order valence-corrected chi connectivity index (χ1v) is 6.78. The Balaban J connectivity index is 2.24. The molecule has 1 aliphatic rings. The third-order valence-electron chi connectivity index (χ3n) is 3.75. The van der Waals surface area contributed by atoms with Crippen molar-refractivity contribution in [3.63, 3.8) is 0 Å². The van der Waals surface area contributed by atoms with Gasteiger partial charge in [0, 0.05) is 18.3 Å². The van der Waals surface area contributed by atoms with Crippen molar-refractivity contribution >= 4 is 22.4 Å². The van der Waals surface area contributed by atoms with E-state index in [1.54, 1.807) is 6.08 Å². The monoisotopic (exact) mass is 297 g/mol. The summed E-state index contributed by atoms with van der Waals surface area (Å²) in [5.74, 6) is -0.230. The summed E-state index contributed by atoms with van der Waals surface area (Å²) >= 11 is 0. The topological polar surface area (TPSA) is 70.8 Å². The first-order valence-electron chi connectivity index (χ1n) is 6.78. The van der Waals surface area contributed by atoms with Crippen LogP contribution in [0.25, 0.3) is 16.6 Å². The molecule has 3 N–H and O–H groups in total. The lowest BCUT2D eigenvalue weighted by molar-refractivity contribution is 0.534. The first kappa shape index (κ1) is 14.1. The highest BCUT2D eigenvalue weighted by Gasteiger charge is 2.18. The minimum absolute atomic E-state index is 0.215. The predicted octanol–water partition coefficient (Wildman–Crippen LogP) is 2.98. The molecule has 0 saturated heterocycles. The fraction of sp³-hybridized carbons (Fsp3) is 0.125. The van der Waals surface area contributed by atoms with Gasteiger partial charge in [-0.05, 0) is 25.1 Å². The number of rotatable bonds is 2. The van der Waals surface area contributed by atoms with Crippen LogP contribution in [0.2, 0.25) is 0 Å². The summed E-state index contributed by atoms with van der Waals surface area (Å²) in [4.78, 5) is 6.28. The van der Waals surface area contributed by atoms with Crippen LogP contribution in [-0.4, -0.2) is 27.1 Å². The number of halogens is 1. The normalized spacial score (nSPS) is 16.9. The quantitative estimate of drug-likeness (QED) is 0.894. The van der Waals surface area contributed by atoms with Gasteiger partial charge in [-0.1, -0.05) is 18.7 Å². The summed E-state index contributed by atoms with van der Waals surface area (Å²) in [6.07, 6.45) is 7.40. The minimum atomic E-state index is -0.461. The largest absolute Gasteiger partial charge is 0.382 e. The number of aromatic nitrogens is 3. The second-order valence-electron chi connectivity index (χ2n) is 5.05. The van der Waals surface area contributed by atoms with E-state index in [9.17, 15) is 4.39 Å². The average molecular weight is 297 g/mol. The van der Waals surface area contributed by atoms with Gasteiger partial charge in [0.15, 0.2) is 11.5 Å². The number of fused-ring (bicyclic) bond motifs is 1. The van der Waals surface area contributed by atoms with E-state index >= 15 is 0 Å². The van der Waals surface area contributed by atoms with Crippen molar-refractivity contribution in [3.05, 3.63) is 59.9 Å². The number of likely N-dealkylation sites (N-methyl/N-ethyl adjacent to an activating group) is 1.